The van der Waals surface area contributed by atoms with E-state index < -0.39 is 5.41 Å². The minimum Gasteiger partial charge on any atom is -0.310 e. The van der Waals surface area contributed by atoms with Gasteiger partial charge in [0, 0.05) is 17.1 Å². The number of fused-ring (bicyclic) bond motifs is 8. The van der Waals surface area contributed by atoms with E-state index in [1.165, 1.54) is 111 Å². The summed E-state index contributed by atoms with van der Waals surface area (Å²) in [4.78, 5) is 2.42. The van der Waals surface area contributed by atoms with Gasteiger partial charge in [0.2, 0.25) is 0 Å². The molecule has 2 aliphatic carbocycles. The average molecular weight is 840 g/mol. The molecule has 0 radical (unpaired) electrons. The Labute approximate surface area is 386 Å². The lowest BCUT2D eigenvalue weighted by Crippen LogP contribution is -2.29. The molecule has 0 aromatic heterocycles. The van der Waals surface area contributed by atoms with Gasteiger partial charge in [0.25, 0.3) is 0 Å². The fourth-order valence-corrected chi connectivity index (χ4v) is 11.6. The van der Waals surface area contributed by atoms with Gasteiger partial charge in [-0.05, 0) is 156 Å². The molecule has 0 fully saturated rings. The first kappa shape index (κ1) is 38.2. The van der Waals surface area contributed by atoms with E-state index in [2.05, 4.69) is 255 Å². The first-order chi connectivity index (χ1) is 32.6. The van der Waals surface area contributed by atoms with E-state index in [1.807, 2.05) is 0 Å². The molecular weight excluding hydrogens is 795 g/mol. The molecule has 0 bridgehead atoms. The zero-order valence-corrected chi connectivity index (χ0v) is 37.0. The molecular formula is C65H45N. The van der Waals surface area contributed by atoms with E-state index in [0.29, 0.717) is 0 Å². The first-order valence-electron chi connectivity index (χ1n) is 23.1. The molecule has 66 heavy (non-hydrogen) atoms. The van der Waals surface area contributed by atoms with E-state index in [-0.39, 0.29) is 0 Å². The Morgan fingerprint density at radius 1 is 0.303 bits per heavy atom. The first-order valence-corrected chi connectivity index (χ1v) is 23.1. The topological polar surface area (TPSA) is 3.24 Å². The van der Waals surface area contributed by atoms with Crippen LogP contribution in [0.25, 0.3) is 77.2 Å². The van der Waals surface area contributed by atoms with Crippen LogP contribution in [0.3, 0.4) is 0 Å². The summed E-state index contributed by atoms with van der Waals surface area (Å²) < 4.78 is 0. The summed E-state index contributed by atoms with van der Waals surface area (Å²) in [5.41, 5.74) is 23.1. The maximum atomic E-state index is 2.61. The summed E-state index contributed by atoms with van der Waals surface area (Å²) in [5, 5.41) is 5.14. The molecule has 0 N–H and O–H groups in total. The normalized spacial score (nSPS) is 12.8. The van der Waals surface area contributed by atoms with Crippen molar-refractivity contribution in [1.29, 1.82) is 0 Å². The summed E-state index contributed by atoms with van der Waals surface area (Å²) in [6.07, 6.45) is 0. The third-order valence-corrected chi connectivity index (χ3v) is 14.4. The highest BCUT2D eigenvalue weighted by Gasteiger charge is 2.48. The molecule has 2 aliphatic rings. The number of benzene rings is 11. The van der Waals surface area contributed by atoms with Crippen molar-refractivity contribution in [2.45, 2.75) is 19.3 Å². The molecule has 0 atom stereocenters. The van der Waals surface area contributed by atoms with E-state index in [4.69, 9.17) is 0 Å². The number of hydrogen-bond acceptors (Lipinski definition) is 1. The number of nitrogens with zero attached hydrogens (tertiary/aromatic N) is 1. The molecule has 11 aromatic rings. The Bertz CT molecular complexity index is 3580. The zero-order chi connectivity index (χ0) is 43.9. The quantitative estimate of drug-likeness (QED) is 0.155. The van der Waals surface area contributed by atoms with Crippen molar-refractivity contribution in [1.82, 2.24) is 0 Å². The second kappa shape index (κ2) is 14.9. The average Bonchev–Trinajstić information content (AvgIpc) is 3.86. The van der Waals surface area contributed by atoms with Gasteiger partial charge in [-0.3, -0.25) is 0 Å². The standard InChI is InChI=1S/C65H45N/c1-42-30-34-48(35-31-42)66(49-36-32-43(2)33-37-49)50-38-39-53-57(40-50)65(46-22-11-5-12-23-46,47-24-13-6-14-25-47)58-41-56-61-54(62(53)58)28-17-29-55(61)63-59(44-18-7-3-8-19-44)51-26-15-16-27-52(51)60(64(56)63)45-20-9-4-10-21-45/h3-41H,1-2H3. The van der Waals surface area contributed by atoms with Crippen LogP contribution in [0.2, 0.25) is 0 Å². The van der Waals surface area contributed by atoms with Crippen LogP contribution >= 0.6 is 0 Å². The highest BCUT2D eigenvalue weighted by Crippen LogP contribution is 2.64. The van der Waals surface area contributed by atoms with Gasteiger partial charge in [-0.25, -0.2) is 0 Å². The van der Waals surface area contributed by atoms with Crippen molar-refractivity contribution in [2.75, 3.05) is 4.90 Å². The third kappa shape index (κ3) is 5.53. The molecule has 0 saturated carbocycles. The van der Waals surface area contributed by atoms with Crippen molar-refractivity contribution in [2.24, 2.45) is 0 Å². The molecule has 0 aliphatic heterocycles. The number of anilines is 3. The monoisotopic (exact) mass is 839 g/mol. The maximum absolute atomic E-state index is 2.61. The van der Waals surface area contributed by atoms with Gasteiger partial charge in [0.1, 0.15) is 0 Å². The summed E-state index contributed by atoms with van der Waals surface area (Å²) in [5.74, 6) is 0. The lowest BCUT2D eigenvalue weighted by atomic mass is 9.67. The molecule has 310 valence electrons. The smallest absolute Gasteiger partial charge is 0.0714 e. The van der Waals surface area contributed by atoms with Crippen molar-refractivity contribution >= 4 is 38.6 Å². The Morgan fingerprint density at radius 3 is 1.29 bits per heavy atom. The van der Waals surface area contributed by atoms with Crippen LogP contribution in [0.5, 0.6) is 0 Å². The molecule has 0 unspecified atom stereocenters. The van der Waals surface area contributed by atoms with Crippen molar-refractivity contribution in [3.05, 3.63) is 270 Å². The SMILES string of the molecule is Cc1ccc(N(c2ccc(C)cc2)c2ccc3c(c2)C(c2ccccc2)(c2ccccc2)c2cc4c5c(cccc5c2-3)-c2c-4c(-c3ccccc3)c3ccccc3c2-c2ccccc2)cc1. The van der Waals surface area contributed by atoms with Gasteiger partial charge in [0.15, 0.2) is 0 Å². The van der Waals surface area contributed by atoms with Crippen LogP contribution in [0.4, 0.5) is 17.1 Å². The Kier molecular flexibility index (Phi) is 8.63. The van der Waals surface area contributed by atoms with E-state index in [0.717, 1.165) is 17.1 Å². The molecule has 0 spiro atoms. The highest BCUT2D eigenvalue weighted by molar-refractivity contribution is 6.29. The van der Waals surface area contributed by atoms with E-state index in [1.54, 1.807) is 0 Å². The van der Waals surface area contributed by atoms with Gasteiger partial charge in [-0.15, -0.1) is 0 Å². The van der Waals surface area contributed by atoms with Crippen LogP contribution in [-0.2, 0) is 5.41 Å². The second-order valence-corrected chi connectivity index (χ2v) is 18.1. The summed E-state index contributed by atoms with van der Waals surface area (Å²) in [6, 6.07) is 88.6. The van der Waals surface area contributed by atoms with Gasteiger partial charge >= 0.3 is 0 Å². The Morgan fingerprint density at radius 2 is 0.758 bits per heavy atom. The fourth-order valence-electron chi connectivity index (χ4n) is 11.6. The minimum atomic E-state index is -0.648. The van der Waals surface area contributed by atoms with E-state index in [9.17, 15) is 0 Å². The lowest BCUT2D eigenvalue weighted by Gasteiger charge is -2.35. The lowest BCUT2D eigenvalue weighted by molar-refractivity contribution is 0.769. The Balaban J connectivity index is 1.18. The van der Waals surface area contributed by atoms with Gasteiger partial charge in [0.05, 0.1) is 5.41 Å². The minimum absolute atomic E-state index is 0.648. The maximum Gasteiger partial charge on any atom is 0.0714 e. The largest absolute Gasteiger partial charge is 0.310 e. The number of aryl methyl sites for hydroxylation is 2. The van der Waals surface area contributed by atoms with Gasteiger partial charge in [-0.2, -0.15) is 0 Å². The highest BCUT2D eigenvalue weighted by atomic mass is 15.1. The van der Waals surface area contributed by atoms with Crippen LogP contribution < -0.4 is 4.90 Å². The summed E-state index contributed by atoms with van der Waals surface area (Å²) in [6.45, 7) is 4.32. The fraction of sp³-hybridized carbons (Fsp3) is 0.0462. The molecule has 11 aromatic carbocycles. The van der Waals surface area contributed by atoms with Gasteiger partial charge < -0.3 is 4.90 Å². The summed E-state index contributed by atoms with van der Waals surface area (Å²) in [7, 11) is 0. The molecule has 0 amide bonds. The molecule has 0 saturated heterocycles. The van der Waals surface area contributed by atoms with Crippen molar-refractivity contribution in [3.63, 3.8) is 0 Å². The van der Waals surface area contributed by atoms with Crippen molar-refractivity contribution in [3.8, 4) is 55.6 Å². The number of rotatable bonds is 7. The van der Waals surface area contributed by atoms with Crippen molar-refractivity contribution < 1.29 is 0 Å². The van der Waals surface area contributed by atoms with Crippen LogP contribution in [0, 0.1) is 13.8 Å². The van der Waals surface area contributed by atoms with Crippen LogP contribution in [-0.4, -0.2) is 0 Å². The molecule has 1 heteroatoms. The number of hydrogen-bond donors (Lipinski definition) is 0. The second-order valence-electron chi connectivity index (χ2n) is 18.1. The van der Waals surface area contributed by atoms with E-state index >= 15 is 0 Å². The predicted molar refractivity (Wildman–Crippen MR) is 278 cm³/mol. The zero-order valence-electron chi connectivity index (χ0n) is 37.0. The molecule has 13 rings (SSSR count). The third-order valence-electron chi connectivity index (χ3n) is 14.4. The molecule has 0 heterocycles. The summed E-state index contributed by atoms with van der Waals surface area (Å²) >= 11 is 0. The predicted octanol–water partition coefficient (Wildman–Crippen LogP) is 17.4. The van der Waals surface area contributed by atoms with Crippen LogP contribution in [0.1, 0.15) is 33.4 Å². The molecule has 1 nitrogen and oxygen atoms in total. The van der Waals surface area contributed by atoms with Crippen LogP contribution in [0.15, 0.2) is 237 Å². The van der Waals surface area contributed by atoms with Gasteiger partial charge in [-0.1, -0.05) is 205 Å². The Hall–Kier alpha value is -8.26.